The second-order valence-electron chi connectivity index (χ2n) is 5.07. The molecule has 0 aliphatic carbocycles. The van der Waals surface area contributed by atoms with Crippen molar-refractivity contribution in [1.29, 1.82) is 0 Å². The van der Waals surface area contributed by atoms with E-state index in [1.54, 1.807) is 12.1 Å². The van der Waals surface area contributed by atoms with E-state index in [0.717, 1.165) is 5.56 Å². The van der Waals surface area contributed by atoms with Crippen LogP contribution in [0, 0.1) is 0 Å². The lowest BCUT2D eigenvalue weighted by Gasteiger charge is -2.06. The van der Waals surface area contributed by atoms with E-state index in [1.165, 1.54) is 28.6 Å². The second kappa shape index (κ2) is 7.71. The Labute approximate surface area is 148 Å². The molecular formula is C17H16N4O3S. The van der Waals surface area contributed by atoms with Crippen molar-refractivity contribution in [3.05, 3.63) is 60.2 Å². The number of nitrogens with two attached hydrogens (primary N) is 1. The van der Waals surface area contributed by atoms with Crippen molar-refractivity contribution in [3.63, 3.8) is 0 Å². The van der Waals surface area contributed by atoms with E-state index in [1.807, 2.05) is 30.3 Å². The van der Waals surface area contributed by atoms with Gasteiger partial charge in [-0.2, -0.15) is 0 Å². The quantitative estimate of drug-likeness (QED) is 0.381. The van der Waals surface area contributed by atoms with Crippen LogP contribution in [0.3, 0.4) is 0 Å². The molecule has 7 nitrogen and oxygen atoms in total. The van der Waals surface area contributed by atoms with E-state index in [9.17, 15) is 4.79 Å². The van der Waals surface area contributed by atoms with Gasteiger partial charge in [0.25, 0.3) is 0 Å². The number of hydrogen-bond acceptors (Lipinski definition) is 6. The number of carboxylic acid groups (broad SMARTS) is 1. The standard InChI is InChI=1S/C17H16N4O3S/c18-21-15(12-4-2-1-3-5-12)19-20-17(21)25-11-10-24-14-8-6-13(7-9-14)16(22)23/h1-9H,10-11,18H2,(H,22,23). The highest BCUT2D eigenvalue weighted by Gasteiger charge is 2.11. The number of benzene rings is 2. The van der Waals surface area contributed by atoms with Crippen LogP contribution in [0.4, 0.5) is 0 Å². The van der Waals surface area contributed by atoms with E-state index in [-0.39, 0.29) is 5.56 Å². The Bertz CT molecular complexity index is 850. The van der Waals surface area contributed by atoms with Gasteiger partial charge in [0.15, 0.2) is 5.82 Å². The number of aromatic nitrogens is 3. The minimum atomic E-state index is -0.960. The summed E-state index contributed by atoms with van der Waals surface area (Å²) in [5.41, 5.74) is 1.13. The number of nitrogen functional groups attached to an aromatic ring is 1. The maximum Gasteiger partial charge on any atom is 0.335 e. The summed E-state index contributed by atoms with van der Waals surface area (Å²) in [6, 6.07) is 15.9. The summed E-state index contributed by atoms with van der Waals surface area (Å²) in [6.45, 7) is 0.435. The molecule has 1 aromatic heterocycles. The number of rotatable bonds is 7. The van der Waals surface area contributed by atoms with Gasteiger partial charge >= 0.3 is 5.97 Å². The first-order valence-electron chi connectivity index (χ1n) is 7.50. The molecule has 0 saturated carbocycles. The summed E-state index contributed by atoms with van der Waals surface area (Å²) in [5.74, 6) is 6.94. The summed E-state index contributed by atoms with van der Waals surface area (Å²) < 4.78 is 7.04. The fourth-order valence-electron chi connectivity index (χ4n) is 2.15. The molecule has 8 heteroatoms. The number of aromatic carboxylic acids is 1. The van der Waals surface area contributed by atoms with Gasteiger partial charge in [-0.3, -0.25) is 0 Å². The number of thioether (sulfide) groups is 1. The van der Waals surface area contributed by atoms with Crippen molar-refractivity contribution in [3.8, 4) is 17.1 Å². The number of ether oxygens (including phenoxy) is 1. The molecule has 1 heterocycles. The molecule has 0 unspecified atom stereocenters. The Hall–Kier alpha value is -3.00. The fourth-order valence-corrected chi connectivity index (χ4v) is 2.82. The van der Waals surface area contributed by atoms with Crippen molar-refractivity contribution in [2.24, 2.45) is 0 Å². The van der Waals surface area contributed by atoms with Crippen molar-refractivity contribution >= 4 is 17.7 Å². The second-order valence-corrected chi connectivity index (χ2v) is 6.13. The average Bonchev–Trinajstić information content (AvgIpc) is 3.00. The maximum atomic E-state index is 10.8. The Balaban J connectivity index is 1.53. The Morgan fingerprint density at radius 2 is 1.84 bits per heavy atom. The minimum Gasteiger partial charge on any atom is -0.493 e. The zero-order valence-corrected chi connectivity index (χ0v) is 14.0. The normalized spacial score (nSPS) is 10.6. The summed E-state index contributed by atoms with van der Waals surface area (Å²) in [5, 5.41) is 17.7. The Kier molecular flexibility index (Phi) is 5.20. The lowest BCUT2D eigenvalue weighted by molar-refractivity contribution is 0.0697. The molecule has 3 rings (SSSR count). The Morgan fingerprint density at radius 1 is 1.12 bits per heavy atom. The van der Waals surface area contributed by atoms with Crippen LogP contribution in [0.2, 0.25) is 0 Å². The van der Waals surface area contributed by atoms with E-state index >= 15 is 0 Å². The van der Waals surface area contributed by atoms with Crippen LogP contribution < -0.4 is 10.6 Å². The highest BCUT2D eigenvalue weighted by molar-refractivity contribution is 7.99. The first-order chi connectivity index (χ1) is 12.1. The number of carboxylic acids is 1. The zero-order valence-electron chi connectivity index (χ0n) is 13.2. The van der Waals surface area contributed by atoms with Crippen LogP contribution in [0.15, 0.2) is 59.8 Å². The maximum absolute atomic E-state index is 10.8. The molecule has 0 radical (unpaired) electrons. The van der Waals surface area contributed by atoms with Gasteiger partial charge in [-0.15, -0.1) is 10.2 Å². The third-order valence-electron chi connectivity index (χ3n) is 3.38. The monoisotopic (exact) mass is 356 g/mol. The van der Waals surface area contributed by atoms with Crippen LogP contribution in [0.1, 0.15) is 10.4 Å². The first-order valence-corrected chi connectivity index (χ1v) is 8.48. The van der Waals surface area contributed by atoms with Crippen LogP contribution in [0.5, 0.6) is 5.75 Å². The van der Waals surface area contributed by atoms with Crippen molar-refractivity contribution in [2.75, 3.05) is 18.2 Å². The molecule has 25 heavy (non-hydrogen) atoms. The van der Waals surface area contributed by atoms with Gasteiger partial charge in [0, 0.05) is 11.3 Å². The summed E-state index contributed by atoms with van der Waals surface area (Å²) >= 11 is 1.44. The molecule has 0 aliphatic rings. The topological polar surface area (TPSA) is 103 Å². The summed E-state index contributed by atoms with van der Waals surface area (Å²) in [4.78, 5) is 10.8. The fraction of sp³-hybridized carbons (Fsp3) is 0.118. The first kappa shape index (κ1) is 16.8. The van der Waals surface area contributed by atoms with Crippen molar-refractivity contribution < 1.29 is 14.6 Å². The zero-order chi connectivity index (χ0) is 17.6. The van der Waals surface area contributed by atoms with Gasteiger partial charge in [0.2, 0.25) is 5.16 Å². The molecule has 0 spiro atoms. The number of nitrogens with zero attached hydrogens (tertiary/aromatic N) is 3. The van der Waals surface area contributed by atoms with Gasteiger partial charge in [-0.05, 0) is 24.3 Å². The summed E-state index contributed by atoms with van der Waals surface area (Å²) in [6.07, 6.45) is 0. The van der Waals surface area contributed by atoms with E-state index in [4.69, 9.17) is 15.7 Å². The molecule has 0 atom stereocenters. The smallest absolute Gasteiger partial charge is 0.335 e. The lowest BCUT2D eigenvalue weighted by Crippen LogP contribution is -2.12. The van der Waals surface area contributed by atoms with Crippen LogP contribution in [-0.2, 0) is 0 Å². The molecule has 0 fully saturated rings. The molecule has 3 N–H and O–H groups in total. The van der Waals surface area contributed by atoms with E-state index in [2.05, 4.69) is 10.2 Å². The van der Waals surface area contributed by atoms with Crippen LogP contribution in [-0.4, -0.2) is 38.3 Å². The van der Waals surface area contributed by atoms with E-state index in [0.29, 0.717) is 29.1 Å². The predicted molar refractivity (Wildman–Crippen MR) is 95.2 cm³/mol. The van der Waals surface area contributed by atoms with Gasteiger partial charge in [0.1, 0.15) is 5.75 Å². The largest absolute Gasteiger partial charge is 0.493 e. The molecule has 128 valence electrons. The van der Waals surface area contributed by atoms with Gasteiger partial charge in [-0.25, -0.2) is 9.47 Å². The molecular weight excluding hydrogens is 340 g/mol. The van der Waals surface area contributed by atoms with Gasteiger partial charge < -0.3 is 15.7 Å². The third kappa shape index (κ3) is 4.10. The SMILES string of the molecule is Nn1c(SCCOc2ccc(C(=O)O)cc2)nnc1-c1ccccc1. The van der Waals surface area contributed by atoms with Gasteiger partial charge in [-0.1, -0.05) is 42.1 Å². The molecule has 0 aliphatic heterocycles. The van der Waals surface area contributed by atoms with Gasteiger partial charge in [0.05, 0.1) is 12.2 Å². The molecule has 2 aromatic carbocycles. The van der Waals surface area contributed by atoms with Crippen LogP contribution in [0.25, 0.3) is 11.4 Å². The summed E-state index contributed by atoms with van der Waals surface area (Å²) in [7, 11) is 0. The molecule has 0 saturated heterocycles. The number of carbonyl (C=O) groups is 1. The number of hydrogen-bond donors (Lipinski definition) is 2. The van der Waals surface area contributed by atoms with Crippen LogP contribution >= 0.6 is 11.8 Å². The highest BCUT2D eigenvalue weighted by atomic mass is 32.2. The average molecular weight is 356 g/mol. The predicted octanol–water partition coefficient (Wildman–Crippen LogP) is 2.53. The highest BCUT2D eigenvalue weighted by Crippen LogP contribution is 2.21. The van der Waals surface area contributed by atoms with Crippen molar-refractivity contribution in [2.45, 2.75) is 5.16 Å². The molecule has 3 aromatic rings. The Morgan fingerprint density at radius 3 is 2.52 bits per heavy atom. The molecule has 0 amide bonds. The minimum absolute atomic E-state index is 0.228. The third-order valence-corrected chi connectivity index (χ3v) is 4.29. The van der Waals surface area contributed by atoms with Crippen molar-refractivity contribution in [1.82, 2.24) is 14.9 Å². The lowest BCUT2D eigenvalue weighted by atomic mass is 10.2. The molecule has 0 bridgehead atoms. The van der Waals surface area contributed by atoms with E-state index < -0.39 is 5.97 Å².